The maximum absolute atomic E-state index is 8.60. The van der Waals surface area contributed by atoms with Crippen LogP contribution in [0.5, 0.6) is 0 Å². The quantitative estimate of drug-likeness (QED) is 0.792. The van der Waals surface area contributed by atoms with Crippen molar-refractivity contribution < 1.29 is 0 Å². The molecule has 0 atom stereocenters. The van der Waals surface area contributed by atoms with Gasteiger partial charge in [0.25, 0.3) is 0 Å². The molecule has 1 aromatic heterocycles. The molecule has 0 bridgehead atoms. The van der Waals surface area contributed by atoms with E-state index >= 15 is 0 Å². The molecule has 2 nitrogen and oxygen atoms in total. The summed E-state index contributed by atoms with van der Waals surface area (Å²) in [4.78, 5) is 6.17. The Bertz CT molecular complexity index is 370. The van der Waals surface area contributed by atoms with Gasteiger partial charge in [-0.3, -0.25) is 0 Å². The summed E-state index contributed by atoms with van der Waals surface area (Å²) >= 11 is 1.33. The van der Waals surface area contributed by atoms with Crippen molar-refractivity contribution in [3.63, 3.8) is 0 Å². The minimum absolute atomic E-state index is 0.129. The Balaban J connectivity index is 2.83. The molecule has 0 saturated heterocycles. The first-order valence-electron chi connectivity index (χ1n) is 3.22. The Morgan fingerprint density at radius 2 is 2.31 bits per heavy atom. The van der Waals surface area contributed by atoms with Crippen LogP contribution in [-0.4, -0.2) is 29.9 Å². The van der Waals surface area contributed by atoms with Crippen LogP contribution in [0.1, 0.15) is 5.56 Å². The van der Waals surface area contributed by atoms with Gasteiger partial charge < -0.3 is 0 Å². The molecule has 0 aliphatic heterocycles. The molecule has 0 fully saturated rings. The zero-order valence-electron chi connectivity index (χ0n) is 6.43. The van der Waals surface area contributed by atoms with Crippen molar-refractivity contribution in [1.29, 1.82) is 10.5 Å². The van der Waals surface area contributed by atoms with E-state index in [2.05, 4.69) is 9.94 Å². The number of hydrogen-bond donors (Lipinski definition) is 0. The Hall–Kier alpha value is -0.541. The molecule has 0 unspecified atom stereocenters. The van der Waals surface area contributed by atoms with Crippen LogP contribution in [0, 0.1) is 20.5 Å². The van der Waals surface area contributed by atoms with Gasteiger partial charge in [-0.05, 0) is 0 Å². The molecule has 0 amide bonds. The van der Waals surface area contributed by atoms with E-state index in [4.69, 9.17) is 10.5 Å². The van der Waals surface area contributed by atoms with Crippen molar-refractivity contribution >= 4 is 45.7 Å². The van der Waals surface area contributed by atoms with Crippen LogP contribution in [0.25, 0.3) is 4.47 Å². The molecule has 1 rings (SSSR count). The number of thiophene rings is 1. The summed E-state index contributed by atoms with van der Waals surface area (Å²) in [5.41, 5.74) is 1.10. The molecule has 0 N–H and O–H groups in total. The third-order valence-corrected chi connectivity index (χ3v) is 4.98. The van der Waals surface area contributed by atoms with Gasteiger partial charge in [-0.1, -0.05) is 0 Å². The van der Waals surface area contributed by atoms with Gasteiger partial charge in [0.15, 0.2) is 0 Å². The van der Waals surface area contributed by atoms with Crippen LogP contribution in [0.15, 0.2) is 21.8 Å². The van der Waals surface area contributed by atoms with E-state index < -0.39 is 0 Å². The number of hydrogen-bond acceptors (Lipinski definition) is 3. The molecule has 1 aromatic rings. The SMILES string of the molecule is N#C[Se]/C=C(/[Se]C#N)c1ccsc1. The van der Waals surface area contributed by atoms with Gasteiger partial charge >= 0.3 is 93.5 Å². The average molecular weight is 318 g/mol. The summed E-state index contributed by atoms with van der Waals surface area (Å²) in [5, 5.41) is 21.0. The summed E-state index contributed by atoms with van der Waals surface area (Å²) in [6.07, 6.45) is 0. The molecule has 0 aromatic carbocycles. The second-order valence-corrected chi connectivity index (χ2v) is 5.78. The van der Waals surface area contributed by atoms with Gasteiger partial charge in [0, 0.05) is 0 Å². The molecule has 0 aliphatic rings. The average Bonchev–Trinajstić information content (AvgIpc) is 2.65. The Kier molecular flexibility index (Phi) is 4.86. The summed E-state index contributed by atoms with van der Waals surface area (Å²) in [5.74, 6) is 0. The van der Waals surface area contributed by atoms with Gasteiger partial charge in [0.2, 0.25) is 0 Å². The molecular weight excluding hydrogens is 314 g/mol. The van der Waals surface area contributed by atoms with Crippen LogP contribution < -0.4 is 0 Å². The monoisotopic (exact) mass is 320 g/mol. The topological polar surface area (TPSA) is 47.6 Å². The van der Waals surface area contributed by atoms with E-state index in [-0.39, 0.29) is 29.9 Å². The molecule has 0 radical (unpaired) electrons. The van der Waals surface area contributed by atoms with Crippen molar-refractivity contribution in [3.05, 3.63) is 27.4 Å². The molecule has 1 heterocycles. The van der Waals surface area contributed by atoms with Crippen molar-refractivity contribution in [2.75, 3.05) is 0 Å². The first kappa shape index (κ1) is 10.5. The van der Waals surface area contributed by atoms with Gasteiger partial charge in [-0.2, -0.15) is 0 Å². The first-order chi connectivity index (χ1) is 6.38. The van der Waals surface area contributed by atoms with E-state index in [1.54, 1.807) is 11.3 Å². The van der Waals surface area contributed by atoms with Crippen molar-refractivity contribution in [1.82, 2.24) is 0 Å². The van der Waals surface area contributed by atoms with Gasteiger partial charge in [-0.25, -0.2) is 0 Å². The van der Waals surface area contributed by atoms with Crippen LogP contribution in [0.2, 0.25) is 0 Å². The third-order valence-electron chi connectivity index (χ3n) is 1.18. The van der Waals surface area contributed by atoms with Gasteiger partial charge in [0.1, 0.15) is 0 Å². The standard InChI is InChI=1S/C8H4N2SSe2/c9-5-12-4-8(13-6-10)7-1-2-11-3-7/h1-4H/b8-4+. The zero-order chi connectivity index (χ0) is 9.52. The molecule has 64 valence electrons. The Labute approximate surface area is 93.2 Å². The number of nitrogens with zero attached hydrogens (tertiary/aromatic N) is 2. The Morgan fingerprint density at radius 3 is 2.85 bits per heavy atom. The first-order valence-corrected chi connectivity index (χ1v) is 7.72. The number of rotatable bonds is 3. The molecule has 13 heavy (non-hydrogen) atoms. The fourth-order valence-corrected chi connectivity index (χ4v) is 4.00. The zero-order valence-corrected chi connectivity index (χ0v) is 10.7. The molecule has 0 saturated carbocycles. The van der Waals surface area contributed by atoms with E-state index in [0.29, 0.717) is 0 Å². The minimum atomic E-state index is -0.153. The third kappa shape index (κ3) is 3.36. The van der Waals surface area contributed by atoms with Gasteiger partial charge in [-0.15, -0.1) is 0 Å². The molecular formula is C8H4N2SSe2. The van der Waals surface area contributed by atoms with Crippen LogP contribution >= 0.6 is 11.3 Å². The van der Waals surface area contributed by atoms with Crippen molar-refractivity contribution in [2.45, 2.75) is 0 Å². The van der Waals surface area contributed by atoms with Crippen LogP contribution in [-0.2, 0) is 0 Å². The summed E-state index contributed by atoms with van der Waals surface area (Å²) < 4.78 is 1.04. The van der Waals surface area contributed by atoms with E-state index in [9.17, 15) is 0 Å². The van der Waals surface area contributed by atoms with Crippen LogP contribution in [0.3, 0.4) is 0 Å². The fourth-order valence-electron chi connectivity index (χ4n) is 0.685. The summed E-state index contributed by atoms with van der Waals surface area (Å²) in [7, 11) is 0. The normalized spacial score (nSPS) is 10.5. The predicted octanol–water partition coefficient (Wildman–Crippen LogP) is 1.42. The van der Waals surface area contributed by atoms with Crippen molar-refractivity contribution in [2.24, 2.45) is 0 Å². The van der Waals surface area contributed by atoms with E-state index in [1.807, 2.05) is 21.8 Å². The second-order valence-electron chi connectivity index (χ2n) is 1.90. The molecule has 0 spiro atoms. The van der Waals surface area contributed by atoms with E-state index in [1.165, 1.54) is 0 Å². The fraction of sp³-hybridized carbons (Fsp3) is 0. The number of nitriles is 2. The summed E-state index contributed by atoms with van der Waals surface area (Å²) in [6, 6.07) is 1.99. The van der Waals surface area contributed by atoms with Gasteiger partial charge in [0.05, 0.1) is 0 Å². The molecule has 0 aliphatic carbocycles. The maximum atomic E-state index is 8.60. The Morgan fingerprint density at radius 1 is 1.46 bits per heavy atom. The van der Waals surface area contributed by atoms with Crippen molar-refractivity contribution in [3.8, 4) is 9.94 Å². The molecule has 5 heteroatoms. The second kappa shape index (κ2) is 6.00. The van der Waals surface area contributed by atoms with E-state index in [0.717, 1.165) is 10.0 Å². The predicted molar refractivity (Wildman–Crippen MR) is 55.0 cm³/mol. The summed E-state index contributed by atoms with van der Waals surface area (Å²) in [6.45, 7) is 0. The van der Waals surface area contributed by atoms with Crippen LogP contribution in [0.4, 0.5) is 0 Å².